The van der Waals surface area contributed by atoms with Crippen LogP contribution in [0.2, 0.25) is 0 Å². The van der Waals surface area contributed by atoms with Crippen LogP contribution in [0.5, 0.6) is 5.75 Å². The maximum absolute atomic E-state index is 12.9. The van der Waals surface area contributed by atoms with Crippen molar-refractivity contribution in [3.8, 4) is 5.75 Å². The van der Waals surface area contributed by atoms with Gasteiger partial charge in [-0.25, -0.2) is 4.79 Å². The zero-order valence-corrected chi connectivity index (χ0v) is 12.4. The summed E-state index contributed by atoms with van der Waals surface area (Å²) >= 11 is 0. The van der Waals surface area contributed by atoms with E-state index < -0.39 is 30.1 Å². The van der Waals surface area contributed by atoms with Gasteiger partial charge < -0.3 is 19.9 Å². The van der Waals surface area contributed by atoms with E-state index in [1.807, 2.05) is 0 Å². The number of benzene rings is 1. The molecular weight excluding hydrogens is 319 g/mol. The number of alkyl halides is 3. The van der Waals surface area contributed by atoms with Crippen molar-refractivity contribution in [3.05, 3.63) is 24.3 Å². The lowest BCUT2D eigenvalue weighted by atomic mass is 9.98. The molecule has 0 fully saturated rings. The summed E-state index contributed by atoms with van der Waals surface area (Å²) < 4.78 is 48.0. The maximum atomic E-state index is 12.9. The second-order valence-corrected chi connectivity index (χ2v) is 4.54. The van der Waals surface area contributed by atoms with E-state index in [0.717, 1.165) is 0 Å². The number of carbonyl (C=O) groups is 2. The van der Waals surface area contributed by atoms with Crippen molar-refractivity contribution < 1.29 is 37.3 Å². The standard InChI is InChI=1S/C14H16F3NO5/c1-3-23-12(20)13(21,14(15,16)17)8-11(19)18-9-5-4-6-10(7-9)22-2/h4-7,21H,3,8H2,1-2H3,(H,18,19)/t13-/m0/s1. The number of aliphatic hydroxyl groups is 1. The third-order valence-electron chi connectivity index (χ3n) is 2.85. The van der Waals surface area contributed by atoms with Gasteiger partial charge in [0.25, 0.3) is 5.60 Å². The number of methoxy groups -OCH3 is 1. The molecule has 23 heavy (non-hydrogen) atoms. The number of hydrogen-bond donors (Lipinski definition) is 2. The van der Waals surface area contributed by atoms with Crippen LogP contribution >= 0.6 is 0 Å². The summed E-state index contributed by atoms with van der Waals surface area (Å²) in [7, 11) is 1.38. The van der Waals surface area contributed by atoms with Gasteiger partial charge in [-0.2, -0.15) is 13.2 Å². The molecule has 0 radical (unpaired) electrons. The summed E-state index contributed by atoms with van der Waals surface area (Å²) in [5, 5.41) is 11.8. The van der Waals surface area contributed by atoms with Gasteiger partial charge in [-0.3, -0.25) is 4.79 Å². The lowest BCUT2D eigenvalue weighted by molar-refractivity contribution is -0.262. The van der Waals surface area contributed by atoms with Crippen LogP contribution in [0.15, 0.2) is 24.3 Å². The number of anilines is 1. The minimum absolute atomic E-state index is 0.155. The van der Waals surface area contributed by atoms with Crippen LogP contribution in [-0.4, -0.2) is 42.5 Å². The van der Waals surface area contributed by atoms with Crippen molar-refractivity contribution >= 4 is 17.6 Å². The van der Waals surface area contributed by atoms with Crippen molar-refractivity contribution in [2.24, 2.45) is 0 Å². The van der Waals surface area contributed by atoms with Gasteiger partial charge >= 0.3 is 12.1 Å². The Kier molecular flexibility index (Phi) is 5.97. The SMILES string of the molecule is CCOC(=O)[C@@](O)(CC(=O)Nc1cccc(OC)c1)C(F)(F)F. The minimum atomic E-state index is -5.36. The van der Waals surface area contributed by atoms with Gasteiger partial charge in [0.05, 0.1) is 20.1 Å². The van der Waals surface area contributed by atoms with Crippen LogP contribution in [0.4, 0.5) is 18.9 Å². The van der Waals surface area contributed by atoms with Crippen LogP contribution in [0.25, 0.3) is 0 Å². The normalized spacial score (nSPS) is 13.8. The van der Waals surface area contributed by atoms with Crippen molar-refractivity contribution in [2.45, 2.75) is 25.1 Å². The van der Waals surface area contributed by atoms with Gasteiger partial charge in [-0.1, -0.05) is 6.07 Å². The highest BCUT2D eigenvalue weighted by atomic mass is 19.4. The molecule has 1 rings (SSSR count). The number of hydrogen-bond acceptors (Lipinski definition) is 5. The fourth-order valence-corrected chi connectivity index (χ4v) is 1.68. The van der Waals surface area contributed by atoms with Crippen molar-refractivity contribution in [1.82, 2.24) is 0 Å². The average Bonchev–Trinajstić information content (AvgIpc) is 2.46. The maximum Gasteiger partial charge on any atom is 0.428 e. The van der Waals surface area contributed by atoms with E-state index in [1.165, 1.54) is 32.2 Å². The molecule has 6 nitrogen and oxygen atoms in total. The Morgan fingerprint density at radius 2 is 1.96 bits per heavy atom. The predicted molar refractivity (Wildman–Crippen MR) is 73.9 cm³/mol. The molecule has 1 amide bonds. The largest absolute Gasteiger partial charge is 0.497 e. The van der Waals surface area contributed by atoms with Crippen LogP contribution in [0.1, 0.15) is 13.3 Å². The number of esters is 1. The zero-order valence-electron chi connectivity index (χ0n) is 12.4. The van der Waals surface area contributed by atoms with Crippen molar-refractivity contribution in [1.29, 1.82) is 0 Å². The number of halogens is 3. The smallest absolute Gasteiger partial charge is 0.428 e. The topological polar surface area (TPSA) is 84.9 Å². The molecule has 1 aromatic carbocycles. The summed E-state index contributed by atoms with van der Waals surface area (Å²) in [5.41, 5.74) is -3.76. The first kappa shape index (κ1) is 18.8. The molecular formula is C14H16F3NO5. The van der Waals surface area contributed by atoms with Gasteiger partial charge in [0.2, 0.25) is 5.91 Å². The van der Waals surface area contributed by atoms with E-state index >= 15 is 0 Å². The summed E-state index contributed by atoms with van der Waals surface area (Å²) in [6.45, 7) is 0.916. The Morgan fingerprint density at radius 1 is 1.30 bits per heavy atom. The molecule has 2 N–H and O–H groups in total. The number of rotatable bonds is 6. The van der Waals surface area contributed by atoms with E-state index in [9.17, 15) is 27.9 Å². The highest BCUT2D eigenvalue weighted by molar-refractivity contribution is 5.96. The molecule has 0 spiro atoms. The Bertz CT molecular complexity index is 576. The third kappa shape index (κ3) is 4.59. The predicted octanol–water partition coefficient (Wildman–Crippen LogP) is 1.88. The fraction of sp³-hybridized carbons (Fsp3) is 0.429. The molecule has 0 aliphatic heterocycles. The van der Waals surface area contributed by atoms with Gasteiger partial charge in [-0.15, -0.1) is 0 Å². The Balaban J connectivity index is 2.91. The number of ether oxygens (including phenoxy) is 2. The first-order chi connectivity index (χ1) is 10.6. The van der Waals surface area contributed by atoms with Crippen LogP contribution < -0.4 is 10.1 Å². The zero-order chi connectivity index (χ0) is 17.7. The molecule has 0 bridgehead atoms. The summed E-state index contributed by atoms with van der Waals surface area (Å²) in [6, 6.07) is 5.86. The molecule has 0 aliphatic rings. The number of nitrogens with one attached hydrogen (secondary N) is 1. The molecule has 9 heteroatoms. The molecule has 1 atom stereocenters. The van der Waals surface area contributed by atoms with Gasteiger partial charge in [0.1, 0.15) is 5.75 Å². The Morgan fingerprint density at radius 3 is 2.48 bits per heavy atom. The lowest BCUT2D eigenvalue weighted by Gasteiger charge is -2.27. The monoisotopic (exact) mass is 335 g/mol. The molecule has 0 heterocycles. The molecule has 128 valence electrons. The highest BCUT2D eigenvalue weighted by Gasteiger charge is 2.61. The first-order valence-electron chi connectivity index (χ1n) is 6.54. The summed E-state index contributed by atoms with van der Waals surface area (Å²) in [4.78, 5) is 23.2. The minimum Gasteiger partial charge on any atom is -0.497 e. The van der Waals surface area contributed by atoms with Gasteiger partial charge in [0, 0.05) is 11.8 Å². The van der Waals surface area contributed by atoms with Crippen molar-refractivity contribution in [2.75, 3.05) is 19.0 Å². The van der Waals surface area contributed by atoms with E-state index in [1.54, 1.807) is 6.07 Å². The summed E-state index contributed by atoms with van der Waals surface area (Å²) in [5.74, 6) is -2.75. The van der Waals surface area contributed by atoms with E-state index in [-0.39, 0.29) is 12.3 Å². The number of carbonyl (C=O) groups excluding carboxylic acids is 2. The fourth-order valence-electron chi connectivity index (χ4n) is 1.68. The Hall–Kier alpha value is -2.29. The quantitative estimate of drug-likeness (QED) is 0.776. The molecule has 0 aromatic heterocycles. The van der Waals surface area contributed by atoms with Crippen LogP contribution in [-0.2, 0) is 14.3 Å². The van der Waals surface area contributed by atoms with Gasteiger partial charge in [0.15, 0.2) is 0 Å². The highest BCUT2D eigenvalue weighted by Crippen LogP contribution is 2.34. The Labute approximate surface area is 130 Å². The number of amides is 1. The second kappa shape index (κ2) is 7.32. The second-order valence-electron chi connectivity index (χ2n) is 4.54. The molecule has 0 aliphatic carbocycles. The van der Waals surface area contributed by atoms with E-state index in [4.69, 9.17) is 4.74 Å². The molecule has 1 aromatic rings. The van der Waals surface area contributed by atoms with E-state index in [2.05, 4.69) is 10.1 Å². The van der Waals surface area contributed by atoms with E-state index in [0.29, 0.717) is 5.75 Å². The molecule has 0 saturated heterocycles. The molecule has 0 unspecified atom stereocenters. The summed E-state index contributed by atoms with van der Waals surface area (Å²) in [6.07, 6.45) is -6.88. The third-order valence-corrected chi connectivity index (χ3v) is 2.85. The van der Waals surface area contributed by atoms with Gasteiger partial charge in [-0.05, 0) is 19.1 Å². The molecule has 0 saturated carbocycles. The lowest BCUT2D eigenvalue weighted by Crippen LogP contribution is -2.54. The van der Waals surface area contributed by atoms with Crippen LogP contribution in [0, 0.1) is 0 Å². The average molecular weight is 335 g/mol. The van der Waals surface area contributed by atoms with Crippen LogP contribution in [0.3, 0.4) is 0 Å². The van der Waals surface area contributed by atoms with Crippen molar-refractivity contribution in [3.63, 3.8) is 0 Å². The first-order valence-corrected chi connectivity index (χ1v) is 6.54.